The van der Waals surface area contributed by atoms with E-state index >= 15 is 0 Å². The van der Waals surface area contributed by atoms with Gasteiger partial charge in [-0.3, -0.25) is 9.59 Å². The van der Waals surface area contributed by atoms with Crippen molar-refractivity contribution in [1.29, 1.82) is 0 Å². The lowest BCUT2D eigenvalue weighted by atomic mass is 9.97. The third-order valence-electron chi connectivity index (χ3n) is 5.08. The largest absolute Gasteiger partial charge is 0.489 e. The minimum absolute atomic E-state index is 0.0494. The zero-order valence-corrected chi connectivity index (χ0v) is 14.9. The van der Waals surface area contributed by atoms with Crippen molar-refractivity contribution >= 4 is 17.5 Å². The third kappa shape index (κ3) is 3.17. The first-order chi connectivity index (χ1) is 12.5. The molecule has 0 radical (unpaired) electrons. The standard InChI is InChI=1S/C21H22N2O3/c1-12-13(2)26-19-17(12)7-4-8-18(19)21(25)23-16-6-3-5-14(11-16)20(24)22-15-9-10-15/h3-8,11-13,15H,9-10H2,1-2H3,(H,22,24)(H,23,25)/t12-,13-/m1/s1. The molecule has 2 amide bonds. The van der Waals surface area contributed by atoms with Crippen molar-refractivity contribution in [3.63, 3.8) is 0 Å². The minimum atomic E-state index is -0.233. The summed E-state index contributed by atoms with van der Waals surface area (Å²) < 4.78 is 5.90. The summed E-state index contributed by atoms with van der Waals surface area (Å²) in [4.78, 5) is 24.9. The summed E-state index contributed by atoms with van der Waals surface area (Å²) in [6, 6.07) is 12.9. The number of amides is 2. The van der Waals surface area contributed by atoms with Gasteiger partial charge in [0.25, 0.3) is 11.8 Å². The third-order valence-corrected chi connectivity index (χ3v) is 5.08. The van der Waals surface area contributed by atoms with Crippen LogP contribution in [0.2, 0.25) is 0 Å². The molecule has 1 aliphatic carbocycles. The number of carbonyl (C=O) groups is 2. The van der Waals surface area contributed by atoms with Crippen molar-refractivity contribution in [2.24, 2.45) is 0 Å². The number of carbonyl (C=O) groups excluding carboxylic acids is 2. The average molecular weight is 350 g/mol. The summed E-state index contributed by atoms with van der Waals surface area (Å²) >= 11 is 0. The Morgan fingerprint density at radius 1 is 1.04 bits per heavy atom. The molecule has 0 aromatic heterocycles. The maximum atomic E-state index is 12.8. The Labute approximate surface area is 152 Å². The number of benzene rings is 2. The predicted octanol–water partition coefficient (Wildman–Crippen LogP) is 3.72. The van der Waals surface area contributed by atoms with Crippen LogP contribution in [0.1, 0.15) is 58.9 Å². The first kappa shape index (κ1) is 16.6. The van der Waals surface area contributed by atoms with Gasteiger partial charge in [-0.25, -0.2) is 0 Å². The van der Waals surface area contributed by atoms with Gasteiger partial charge in [-0.15, -0.1) is 0 Å². The highest BCUT2D eigenvalue weighted by Crippen LogP contribution is 2.40. The van der Waals surface area contributed by atoms with Gasteiger partial charge in [-0.2, -0.15) is 0 Å². The second-order valence-corrected chi connectivity index (χ2v) is 7.12. The Hall–Kier alpha value is -2.82. The van der Waals surface area contributed by atoms with Gasteiger partial charge in [0.05, 0.1) is 5.56 Å². The van der Waals surface area contributed by atoms with E-state index in [1.165, 1.54) is 0 Å². The van der Waals surface area contributed by atoms with Crippen LogP contribution in [0.4, 0.5) is 5.69 Å². The van der Waals surface area contributed by atoms with E-state index in [1.807, 2.05) is 19.1 Å². The monoisotopic (exact) mass is 350 g/mol. The van der Waals surface area contributed by atoms with Crippen LogP contribution in [0.25, 0.3) is 0 Å². The number of rotatable bonds is 4. The fraction of sp³-hybridized carbons (Fsp3) is 0.333. The van der Waals surface area contributed by atoms with Crippen molar-refractivity contribution < 1.29 is 14.3 Å². The van der Waals surface area contributed by atoms with Gasteiger partial charge in [-0.05, 0) is 44.0 Å². The van der Waals surface area contributed by atoms with E-state index in [0.717, 1.165) is 18.4 Å². The van der Waals surface area contributed by atoms with Crippen LogP contribution in [0.5, 0.6) is 5.75 Å². The predicted molar refractivity (Wildman–Crippen MR) is 99.8 cm³/mol. The van der Waals surface area contributed by atoms with Gasteiger partial charge in [0.15, 0.2) is 0 Å². The number of hydrogen-bond donors (Lipinski definition) is 2. The summed E-state index contributed by atoms with van der Waals surface area (Å²) in [5.74, 6) is 0.581. The van der Waals surface area contributed by atoms with Crippen molar-refractivity contribution in [2.45, 2.75) is 44.8 Å². The van der Waals surface area contributed by atoms with Crippen LogP contribution in [0, 0.1) is 0 Å². The smallest absolute Gasteiger partial charge is 0.259 e. The SMILES string of the molecule is C[C@H]1Oc2c(C(=O)Nc3cccc(C(=O)NC4CC4)c3)cccc2[C@@H]1C. The molecule has 2 aliphatic rings. The zero-order valence-electron chi connectivity index (χ0n) is 14.9. The molecule has 1 saturated carbocycles. The number of anilines is 1. The van der Waals surface area contributed by atoms with Crippen LogP contribution in [-0.4, -0.2) is 24.0 Å². The molecule has 134 valence electrons. The van der Waals surface area contributed by atoms with Crippen LogP contribution >= 0.6 is 0 Å². The molecule has 2 aromatic rings. The van der Waals surface area contributed by atoms with Gasteiger partial charge in [0, 0.05) is 28.8 Å². The zero-order chi connectivity index (χ0) is 18.3. The Bertz CT molecular complexity index is 873. The molecule has 1 fully saturated rings. The van der Waals surface area contributed by atoms with Gasteiger partial charge >= 0.3 is 0 Å². The molecule has 1 heterocycles. The van der Waals surface area contributed by atoms with Crippen molar-refractivity contribution in [1.82, 2.24) is 5.32 Å². The summed E-state index contributed by atoms with van der Waals surface area (Å²) in [5, 5.41) is 5.84. The van der Waals surface area contributed by atoms with E-state index in [1.54, 1.807) is 30.3 Å². The first-order valence-electron chi connectivity index (χ1n) is 9.05. The Morgan fingerprint density at radius 2 is 1.81 bits per heavy atom. The molecule has 0 unspecified atom stereocenters. The van der Waals surface area contributed by atoms with Crippen molar-refractivity contribution in [3.8, 4) is 5.75 Å². The molecule has 1 aliphatic heterocycles. The maximum Gasteiger partial charge on any atom is 0.259 e. The van der Waals surface area contributed by atoms with Crippen molar-refractivity contribution in [2.75, 3.05) is 5.32 Å². The van der Waals surface area contributed by atoms with E-state index in [9.17, 15) is 9.59 Å². The summed E-state index contributed by atoms with van der Waals surface area (Å²) in [6.07, 6.45) is 2.13. The van der Waals surface area contributed by atoms with Crippen LogP contribution in [0.15, 0.2) is 42.5 Å². The fourth-order valence-corrected chi connectivity index (χ4v) is 3.20. The average Bonchev–Trinajstić information content (AvgIpc) is 3.40. The van der Waals surface area contributed by atoms with E-state index in [4.69, 9.17) is 4.74 Å². The Balaban J connectivity index is 1.53. The number of fused-ring (bicyclic) bond motifs is 1. The molecule has 0 bridgehead atoms. The van der Waals surface area contributed by atoms with E-state index in [2.05, 4.69) is 17.6 Å². The second-order valence-electron chi connectivity index (χ2n) is 7.12. The van der Waals surface area contributed by atoms with Gasteiger partial charge in [-0.1, -0.05) is 25.1 Å². The van der Waals surface area contributed by atoms with Gasteiger partial charge in [0.2, 0.25) is 0 Å². The van der Waals surface area contributed by atoms with Crippen molar-refractivity contribution in [3.05, 3.63) is 59.2 Å². The number of ether oxygens (including phenoxy) is 1. The fourth-order valence-electron chi connectivity index (χ4n) is 3.20. The molecule has 5 nitrogen and oxygen atoms in total. The minimum Gasteiger partial charge on any atom is -0.489 e. The molecule has 0 saturated heterocycles. The molecule has 2 N–H and O–H groups in total. The van der Waals surface area contributed by atoms with E-state index < -0.39 is 0 Å². The Morgan fingerprint density at radius 3 is 2.58 bits per heavy atom. The summed E-state index contributed by atoms with van der Waals surface area (Å²) in [7, 11) is 0. The Kier molecular flexibility index (Phi) is 4.15. The van der Waals surface area contributed by atoms with Crippen LogP contribution < -0.4 is 15.4 Å². The highest BCUT2D eigenvalue weighted by atomic mass is 16.5. The molecule has 26 heavy (non-hydrogen) atoms. The maximum absolute atomic E-state index is 12.8. The second kappa shape index (κ2) is 6.48. The highest BCUT2D eigenvalue weighted by molar-refractivity contribution is 6.07. The van der Waals surface area contributed by atoms with E-state index in [-0.39, 0.29) is 23.8 Å². The normalized spacial score (nSPS) is 20.8. The lowest BCUT2D eigenvalue weighted by Crippen LogP contribution is -2.25. The van der Waals surface area contributed by atoms with Gasteiger partial charge in [0.1, 0.15) is 11.9 Å². The summed E-state index contributed by atoms with van der Waals surface area (Å²) in [6.45, 7) is 4.11. The molecule has 5 heteroatoms. The molecular weight excluding hydrogens is 328 g/mol. The molecule has 2 aromatic carbocycles. The molecule has 2 atom stereocenters. The number of para-hydroxylation sites is 1. The molecule has 0 spiro atoms. The number of nitrogens with one attached hydrogen (secondary N) is 2. The lowest BCUT2D eigenvalue weighted by molar-refractivity contribution is 0.0949. The molecular formula is C21H22N2O3. The van der Waals surface area contributed by atoms with E-state index in [0.29, 0.717) is 28.6 Å². The lowest BCUT2D eigenvalue weighted by Gasteiger charge is -2.11. The highest BCUT2D eigenvalue weighted by Gasteiger charge is 2.31. The molecule has 4 rings (SSSR count). The number of hydrogen-bond acceptors (Lipinski definition) is 3. The summed E-state index contributed by atoms with van der Waals surface area (Å²) in [5.41, 5.74) is 2.72. The van der Waals surface area contributed by atoms with Crippen LogP contribution in [0.3, 0.4) is 0 Å². The van der Waals surface area contributed by atoms with Gasteiger partial charge < -0.3 is 15.4 Å². The topological polar surface area (TPSA) is 67.4 Å². The first-order valence-corrected chi connectivity index (χ1v) is 9.05. The van der Waals surface area contributed by atoms with Crippen LogP contribution in [-0.2, 0) is 0 Å². The quantitative estimate of drug-likeness (QED) is 0.883.